The summed E-state index contributed by atoms with van der Waals surface area (Å²) in [7, 11) is 0. The molecule has 18 heavy (non-hydrogen) atoms. The largest absolute Gasteiger partial charge is 0.368 e. The van der Waals surface area contributed by atoms with E-state index in [4.69, 9.17) is 16.3 Å². The molecular weight excluding hydrogens is 363 g/mol. The summed E-state index contributed by atoms with van der Waals surface area (Å²) in [5.74, 6) is 0.695. The van der Waals surface area contributed by atoms with Gasteiger partial charge in [-0.1, -0.05) is 31.9 Å². The molecule has 0 N–H and O–H groups in total. The average molecular weight is 383 g/mol. The maximum Gasteiger partial charge on any atom is 0.161 e. The molecular formula is C13H20ClIN2O. The molecule has 0 saturated carbocycles. The summed E-state index contributed by atoms with van der Waals surface area (Å²) in [4.78, 5) is 9.06. The van der Waals surface area contributed by atoms with Gasteiger partial charge in [0.25, 0.3) is 0 Å². The van der Waals surface area contributed by atoms with Gasteiger partial charge in [0.15, 0.2) is 5.82 Å². The van der Waals surface area contributed by atoms with Crippen LogP contribution < -0.4 is 0 Å². The van der Waals surface area contributed by atoms with E-state index >= 15 is 0 Å². The molecule has 1 aromatic heterocycles. The van der Waals surface area contributed by atoms with Crippen molar-refractivity contribution in [2.24, 2.45) is 0 Å². The van der Waals surface area contributed by atoms with Crippen LogP contribution in [0.2, 0.25) is 5.15 Å². The summed E-state index contributed by atoms with van der Waals surface area (Å²) in [6.07, 6.45) is 2.78. The molecule has 0 amide bonds. The van der Waals surface area contributed by atoms with E-state index < -0.39 is 5.60 Å². The Bertz CT molecular complexity index is 414. The Kier molecular flexibility index (Phi) is 6.27. The van der Waals surface area contributed by atoms with Crippen LogP contribution in [0.3, 0.4) is 0 Å². The monoisotopic (exact) mass is 382 g/mol. The van der Waals surface area contributed by atoms with Gasteiger partial charge in [-0.3, -0.25) is 0 Å². The van der Waals surface area contributed by atoms with Gasteiger partial charge in [0.1, 0.15) is 10.8 Å². The second kappa shape index (κ2) is 7.01. The highest BCUT2D eigenvalue weighted by atomic mass is 127. The molecule has 1 rings (SSSR count). The van der Waals surface area contributed by atoms with Crippen molar-refractivity contribution in [1.29, 1.82) is 0 Å². The first-order valence-electron chi connectivity index (χ1n) is 6.34. The number of rotatable bonds is 6. The van der Waals surface area contributed by atoms with Crippen molar-refractivity contribution in [2.75, 3.05) is 6.61 Å². The minimum Gasteiger partial charge on any atom is -0.368 e. The Morgan fingerprint density at radius 1 is 1.28 bits per heavy atom. The first-order valence-corrected chi connectivity index (χ1v) is 7.80. The zero-order chi connectivity index (χ0) is 13.8. The highest BCUT2D eigenvalue weighted by molar-refractivity contribution is 14.1. The topological polar surface area (TPSA) is 35.0 Å². The van der Waals surface area contributed by atoms with Crippen LogP contribution in [0.1, 0.15) is 52.1 Å². The maximum atomic E-state index is 6.20. The van der Waals surface area contributed by atoms with E-state index in [1.165, 1.54) is 0 Å². The molecule has 0 aliphatic heterocycles. The number of ether oxygens (including phenoxy) is 1. The van der Waals surface area contributed by atoms with Crippen LogP contribution in [-0.2, 0) is 16.8 Å². The quantitative estimate of drug-likeness (QED) is 0.542. The van der Waals surface area contributed by atoms with Gasteiger partial charge >= 0.3 is 0 Å². The maximum absolute atomic E-state index is 6.20. The third-order valence-electron chi connectivity index (χ3n) is 2.98. The molecule has 0 aliphatic rings. The lowest BCUT2D eigenvalue weighted by atomic mass is 10.0. The average Bonchev–Trinajstić information content (AvgIpc) is 2.35. The highest BCUT2D eigenvalue weighted by Gasteiger charge is 2.29. The molecule has 0 aliphatic carbocycles. The molecule has 0 bridgehead atoms. The molecule has 1 aromatic rings. The van der Waals surface area contributed by atoms with Crippen molar-refractivity contribution in [3.63, 3.8) is 0 Å². The van der Waals surface area contributed by atoms with Crippen LogP contribution in [0.25, 0.3) is 0 Å². The third kappa shape index (κ3) is 3.54. The van der Waals surface area contributed by atoms with Gasteiger partial charge in [-0.15, -0.1) is 0 Å². The predicted octanol–water partition coefficient (Wildman–Crippen LogP) is 4.35. The normalized spacial score (nSPS) is 14.6. The summed E-state index contributed by atoms with van der Waals surface area (Å²) < 4.78 is 6.76. The van der Waals surface area contributed by atoms with E-state index in [9.17, 15) is 0 Å². The Labute approximate surface area is 128 Å². The fourth-order valence-electron chi connectivity index (χ4n) is 1.75. The van der Waals surface area contributed by atoms with Crippen LogP contribution in [0.4, 0.5) is 0 Å². The summed E-state index contributed by atoms with van der Waals surface area (Å²) in [5, 5.41) is 0.531. The summed E-state index contributed by atoms with van der Waals surface area (Å²) >= 11 is 8.41. The lowest BCUT2D eigenvalue weighted by molar-refractivity contribution is -0.0392. The molecule has 0 radical (unpaired) electrons. The van der Waals surface area contributed by atoms with E-state index in [0.29, 0.717) is 17.6 Å². The molecule has 0 spiro atoms. The van der Waals surface area contributed by atoms with E-state index in [1.807, 2.05) is 13.8 Å². The fraction of sp³-hybridized carbons (Fsp3) is 0.692. The SMILES string of the molecule is CCCc1nc(C(C)(CC)OCC)nc(Cl)c1I. The van der Waals surface area contributed by atoms with E-state index in [1.54, 1.807) is 0 Å². The van der Waals surface area contributed by atoms with Crippen molar-refractivity contribution in [3.8, 4) is 0 Å². The molecule has 1 atom stereocenters. The van der Waals surface area contributed by atoms with Crippen LogP contribution in [0.15, 0.2) is 0 Å². The van der Waals surface area contributed by atoms with E-state index in [-0.39, 0.29) is 0 Å². The number of nitrogens with zero attached hydrogens (tertiary/aromatic N) is 2. The zero-order valence-corrected chi connectivity index (χ0v) is 14.3. The fourth-order valence-corrected chi connectivity index (χ4v) is 2.45. The number of hydrogen-bond acceptors (Lipinski definition) is 3. The van der Waals surface area contributed by atoms with Crippen LogP contribution in [0, 0.1) is 3.57 Å². The Morgan fingerprint density at radius 3 is 2.44 bits per heavy atom. The van der Waals surface area contributed by atoms with Gasteiger partial charge in [0.2, 0.25) is 0 Å². The van der Waals surface area contributed by atoms with Crippen LogP contribution >= 0.6 is 34.2 Å². The molecule has 3 nitrogen and oxygen atoms in total. The van der Waals surface area contributed by atoms with Crippen molar-refractivity contribution in [1.82, 2.24) is 9.97 Å². The van der Waals surface area contributed by atoms with E-state index in [0.717, 1.165) is 28.5 Å². The molecule has 0 aromatic carbocycles. The van der Waals surface area contributed by atoms with Crippen molar-refractivity contribution in [2.45, 2.75) is 52.6 Å². The van der Waals surface area contributed by atoms with Crippen molar-refractivity contribution >= 4 is 34.2 Å². The Hall–Kier alpha value is 0.0600. The second-order valence-electron chi connectivity index (χ2n) is 4.37. The molecule has 5 heteroatoms. The van der Waals surface area contributed by atoms with Crippen molar-refractivity contribution in [3.05, 3.63) is 20.2 Å². The van der Waals surface area contributed by atoms with E-state index in [2.05, 4.69) is 46.4 Å². The lowest BCUT2D eigenvalue weighted by Crippen LogP contribution is -2.28. The summed E-state index contributed by atoms with van der Waals surface area (Å²) in [5.41, 5.74) is 0.568. The highest BCUT2D eigenvalue weighted by Crippen LogP contribution is 2.29. The summed E-state index contributed by atoms with van der Waals surface area (Å²) in [6.45, 7) is 8.85. The lowest BCUT2D eigenvalue weighted by Gasteiger charge is -2.27. The molecule has 0 fully saturated rings. The Balaban J connectivity index is 3.23. The van der Waals surface area contributed by atoms with Gasteiger partial charge in [-0.05, 0) is 49.3 Å². The van der Waals surface area contributed by atoms with Crippen LogP contribution in [0.5, 0.6) is 0 Å². The second-order valence-corrected chi connectivity index (χ2v) is 5.80. The standard InChI is InChI=1S/C13H20ClIN2O/c1-5-8-9-10(15)11(14)17-12(16-9)13(4,6-2)18-7-3/h5-8H2,1-4H3. The minimum atomic E-state index is -0.453. The van der Waals surface area contributed by atoms with Gasteiger partial charge in [0, 0.05) is 6.61 Å². The van der Waals surface area contributed by atoms with Gasteiger partial charge in [-0.2, -0.15) is 0 Å². The first-order chi connectivity index (χ1) is 8.48. The van der Waals surface area contributed by atoms with Gasteiger partial charge in [0.05, 0.1) is 9.26 Å². The molecule has 1 unspecified atom stereocenters. The predicted molar refractivity (Wildman–Crippen MR) is 83.0 cm³/mol. The third-order valence-corrected chi connectivity index (χ3v) is 4.70. The first kappa shape index (κ1) is 16.1. The zero-order valence-electron chi connectivity index (χ0n) is 11.4. The van der Waals surface area contributed by atoms with Crippen molar-refractivity contribution < 1.29 is 4.74 Å². The molecule has 0 saturated heterocycles. The number of hydrogen-bond donors (Lipinski definition) is 0. The molecule has 1 heterocycles. The minimum absolute atomic E-state index is 0.453. The number of aromatic nitrogens is 2. The number of aryl methyl sites for hydroxylation is 1. The Morgan fingerprint density at radius 2 is 1.94 bits per heavy atom. The van der Waals surface area contributed by atoms with Gasteiger partial charge in [-0.25, -0.2) is 9.97 Å². The smallest absolute Gasteiger partial charge is 0.161 e. The van der Waals surface area contributed by atoms with Gasteiger partial charge < -0.3 is 4.74 Å². The summed E-state index contributed by atoms with van der Waals surface area (Å²) in [6, 6.07) is 0. The molecule has 102 valence electrons. The number of halogens is 2. The van der Waals surface area contributed by atoms with Crippen LogP contribution in [-0.4, -0.2) is 16.6 Å².